The van der Waals surface area contributed by atoms with E-state index in [9.17, 15) is 12.8 Å². The Balaban J connectivity index is 1.65. The number of hydrogen-bond acceptors (Lipinski definition) is 3. The molecule has 0 atom stereocenters. The highest BCUT2D eigenvalue weighted by Crippen LogP contribution is 2.23. The molecule has 0 saturated heterocycles. The molecule has 3 aromatic rings. The van der Waals surface area contributed by atoms with Gasteiger partial charge in [0.1, 0.15) is 5.82 Å². The summed E-state index contributed by atoms with van der Waals surface area (Å²) < 4.78 is 36.5. The Morgan fingerprint density at radius 2 is 1.67 bits per heavy atom. The highest BCUT2D eigenvalue weighted by atomic mass is 35.5. The Bertz CT molecular complexity index is 1050. The quantitative estimate of drug-likeness (QED) is 0.640. The van der Waals surface area contributed by atoms with E-state index in [4.69, 9.17) is 11.6 Å². The van der Waals surface area contributed by atoms with Crippen molar-refractivity contribution in [2.24, 2.45) is 0 Å². The first-order valence-corrected chi connectivity index (χ1v) is 10.6. The fourth-order valence-electron chi connectivity index (χ4n) is 2.73. The third-order valence-corrected chi connectivity index (χ3v) is 5.67. The third-order valence-electron chi connectivity index (χ3n) is 4.21. The van der Waals surface area contributed by atoms with Gasteiger partial charge in [0, 0.05) is 24.4 Å². The molecular weight excluding hydrogens is 385 g/mol. The molecule has 27 heavy (non-hydrogen) atoms. The minimum absolute atomic E-state index is 0.307. The lowest BCUT2D eigenvalue weighted by atomic mass is 10.0. The van der Waals surface area contributed by atoms with Gasteiger partial charge < -0.3 is 5.32 Å². The maximum absolute atomic E-state index is 13.1. The van der Waals surface area contributed by atoms with E-state index in [0.717, 1.165) is 22.3 Å². The normalized spacial score (nSPS) is 11.5. The van der Waals surface area contributed by atoms with Crippen molar-refractivity contribution in [3.05, 3.63) is 88.7 Å². The lowest BCUT2D eigenvalue weighted by molar-refractivity contribution is 0.602. The van der Waals surface area contributed by atoms with Crippen LogP contribution in [0.5, 0.6) is 0 Å². The second-order valence-electron chi connectivity index (χ2n) is 6.34. The molecule has 6 heteroatoms. The van der Waals surface area contributed by atoms with Crippen molar-refractivity contribution in [1.82, 2.24) is 5.32 Å². The molecule has 0 aliphatic rings. The van der Waals surface area contributed by atoms with Gasteiger partial charge in [-0.1, -0.05) is 54.1 Å². The van der Waals surface area contributed by atoms with Crippen LogP contribution in [0.3, 0.4) is 0 Å². The minimum Gasteiger partial charge on any atom is -0.309 e. The molecule has 0 unspecified atom stereocenters. The van der Waals surface area contributed by atoms with Crippen LogP contribution in [0.1, 0.15) is 11.1 Å². The molecule has 1 N–H and O–H groups in total. The number of sulfone groups is 1. The van der Waals surface area contributed by atoms with Crippen LogP contribution in [-0.2, 0) is 22.9 Å². The van der Waals surface area contributed by atoms with Crippen LogP contribution in [0, 0.1) is 5.82 Å². The molecule has 0 heterocycles. The molecule has 0 amide bonds. The molecule has 3 rings (SSSR count). The number of hydrogen-bond donors (Lipinski definition) is 1. The Kier molecular flexibility index (Phi) is 5.95. The summed E-state index contributed by atoms with van der Waals surface area (Å²) in [6.07, 6.45) is 1.20. The van der Waals surface area contributed by atoms with Crippen molar-refractivity contribution < 1.29 is 12.8 Å². The first-order chi connectivity index (χ1) is 12.8. The standard InChI is InChI=1S/C21H19ClFNO2S/c1-27(25,26)20-4-2-3-17(11-20)16-7-5-15(6-8-16)13-24-14-18-9-10-19(23)12-21(18)22/h2-12,24H,13-14H2,1H3. The van der Waals surface area contributed by atoms with Gasteiger partial charge in [-0.15, -0.1) is 0 Å². The molecule has 3 aromatic carbocycles. The molecule has 0 aliphatic heterocycles. The maximum atomic E-state index is 13.1. The molecule has 0 aromatic heterocycles. The molecule has 3 nitrogen and oxygen atoms in total. The summed E-state index contributed by atoms with van der Waals surface area (Å²) in [6.45, 7) is 1.18. The lowest BCUT2D eigenvalue weighted by Crippen LogP contribution is -2.13. The molecule has 0 fully saturated rings. The van der Waals surface area contributed by atoms with Gasteiger partial charge in [-0.3, -0.25) is 0 Å². The van der Waals surface area contributed by atoms with E-state index in [1.54, 1.807) is 24.3 Å². The fourth-order valence-corrected chi connectivity index (χ4v) is 3.63. The predicted molar refractivity (Wildman–Crippen MR) is 107 cm³/mol. The molecular formula is C21H19ClFNO2S. The molecule has 0 aliphatic carbocycles. The van der Waals surface area contributed by atoms with Gasteiger partial charge in [-0.25, -0.2) is 12.8 Å². The SMILES string of the molecule is CS(=O)(=O)c1cccc(-c2ccc(CNCc3ccc(F)cc3Cl)cc2)c1. The zero-order valence-corrected chi connectivity index (χ0v) is 16.3. The van der Waals surface area contributed by atoms with Crippen LogP contribution in [0.25, 0.3) is 11.1 Å². The fraction of sp³-hybridized carbons (Fsp3) is 0.143. The molecule has 0 radical (unpaired) electrons. The predicted octanol–water partition coefficient (Wildman–Crippen LogP) is 4.84. The van der Waals surface area contributed by atoms with Crippen molar-refractivity contribution >= 4 is 21.4 Å². The van der Waals surface area contributed by atoms with Crippen LogP contribution >= 0.6 is 11.6 Å². The van der Waals surface area contributed by atoms with Crippen molar-refractivity contribution in [2.75, 3.05) is 6.26 Å². The third kappa shape index (κ3) is 5.16. The van der Waals surface area contributed by atoms with E-state index in [-0.39, 0.29) is 5.82 Å². The number of benzene rings is 3. The highest BCUT2D eigenvalue weighted by Gasteiger charge is 2.08. The van der Waals surface area contributed by atoms with E-state index in [1.165, 1.54) is 18.4 Å². The van der Waals surface area contributed by atoms with Gasteiger partial charge >= 0.3 is 0 Å². The summed E-state index contributed by atoms with van der Waals surface area (Å²) in [5.41, 5.74) is 3.73. The summed E-state index contributed by atoms with van der Waals surface area (Å²) in [5, 5.41) is 3.69. The highest BCUT2D eigenvalue weighted by molar-refractivity contribution is 7.90. The Labute approximate surface area is 163 Å². The van der Waals surface area contributed by atoms with Crippen LogP contribution in [-0.4, -0.2) is 14.7 Å². The maximum Gasteiger partial charge on any atom is 0.175 e. The van der Waals surface area contributed by atoms with Crippen LogP contribution in [0.15, 0.2) is 71.6 Å². The first kappa shape index (κ1) is 19.5. The van der Waals surface area contributed by atoms with Crippen molar-refractivity contribution in [2.45, 2.75) is 18.0 Å². The van der Waals surface area contributed by atoms with Gasteiger partial charge in [0.25, 0.3) is 0 Å². The Morgan fingerprint density at radius 1 is 0.926 bits per heavy atom. The van der Waals surface area contributed by atoms with E-state index < -0.39 is 9.84 Å². The summed E-state index contributed by atoms with van der Waals surface area (Å²) >= 11 is 6.02. The van der Waals surface area contributed by atoms with Gasteiger partial charge in [-0.2, -0.15) is 0 Å². The summed E-state index contributed by atoms with van der Waals surface area (Å²) in [7, 11) is -3.23. The van der Waals surface area contributed by atoms with E-state index in [0.29, 0.717) is 23.0 Å². The topological polar surface area (TPSA) is 46.2 Å². The first-order valence-electron chi connectivity index (χ1n) is 8.37. The van der Waals surface area contributed by atoms with E-state index in [1.807, 2.05) is 30.3 Å². The van der Waals surface area contributed by atoms with Crippen LogP contribution in [0.2, 0.25) is 5.02 Å². The smallest absolute Gasteiger partial charge is 0.175 e. The number of nitrogens with one attached hydrogen (secondary N) is 1. The van der Waals surface area contributed by atoms with Gasteiger partial charge in [0.15, 0.2) is 9.84 Å². The second kappa shape index (κ2) is 8.21. The molecule has 0 saturated carbocycles. The van der Waals surface area contributed by atoms with Gasteiger partial charge in [0.05, 0.1) is 4.90 Å². The zero-order chi connectivity index (χ0) is 19.4. The van der Waals surface area contributed by atoms with Crippen LogP contribution < -0.4 is 5.32 Å². The van der Waals surface area contributed by atoms with Gasteiger partial charge in [-0.05, 0) is 46.5 Å². The largest absolute Gasteiger partial charge is 0.309 e. The molecule has 0 spiro atoms. The average Bonchev–Trinajstić information content (AvgIpc) is 2.63. The van der Waals surface area contributed by atoms with Crippen LogP contribution in [0.4, 0.5) is 4.39 Å². The summed E-state index contributed by atoms with van der Waals surface area (Å²) in [6, 6.07) is 19.2. The second-order valence-corrected chi connectivity index (χ2v) is 8.76. The Hall–Kier alpha value is -2.21. The summed E-state index contributed by atoms with van der Waals surface area (Å²) in [5.74, 6) is -0.348. The average molecular weight is 404 g/mol. The lowest BCUT2D eigenvalue weighted by Gasteiger charge is -2.09. The monoisotopic (exact) mass is 403 g/mol. The molecule has 140 valence electrons. The van der Waals surface area contributed by atoms with Crippen molar-refractivity contribution in [3.8, 4) is 11.1 Å². The Morgan fingerprint density at radius 3 is 2.33 bits per heavy atom. The van der Waals surface area contributed by atoms with Crippen molar-refractivity contribution in [1.29, 1.82) is 0 Å². The van der Waals surface area contributed by atoms with E-state index in [2.05, 4.69) is 5.32 Å². The zero-order valence-electron chi connectivity index (χ0n) is 14.7. The van der Waals surface area contributed by atoms with Crippen molar-refractivity contribution in [3.63, 3.8) is 0 Å². The number of halogens is 2. The van der Waals surface area contributed by atoms with E-state index >= 15 is 0 Å². The summed E-state index contributed by atoms with van der Waals surface area (Å²) in [4.78, 5) is 0.307. The minimum atomic E-state index is -3.23. The number of rotatable bonds is 6. The van der Waals surface area contributed by atoms with Gasteiger partial charge in [0.2, 0.25) is 0 Å². The molecule has 0 bridgehead atoms.